The van der Waals surface area contributed by atoms with Gasteiger partial charge in [0, 0.05) is 25.1 Å². The molecule has 19 heavy (non-hydrogen) atoms. The summed E-state index contributed by atoms with van der Waals surface area (Å²) in [6.07, 6.45) is 2.96. The zero-order valence-corrected chi connectivity index (χ0v) is 10.9. The summed E-state index contributed by atoms with van der Waals surface area (Å²) in [6.45, 7) is 0. The van der Waals surface area contributed by atoms with E-state index in [-0.39, 0.29) is 5.91 Å². The lowest BCUT2D eigenvalue weighted by atomic mass is 10.2. The van der Waals surface area contributed by atoms with Crippen molar-refractivity contribution in [1.82, 2.24) is 4.98 Å². The molecular weight excluding hydrogens is 262 g/mol. The maximum Gasteiger partial charge on any atom is 0.261 e. The first-order chi connectivity index (χ1) is 9.13. The Kier molecular flexibility index (Phi) is 3.79. The Hall–Kier alpha value is -2.38. The van der Waals surface area contributed by atoms with Crippen LogP contribution in [0.1, 0.15) is 15.9 Å². The molecule has 0 aliphatic carbocycles. The van der Waals surface area contributed by atoms with Crippen LogP contribution in [-0.4, -0.2) is 17.9 Å². The number of carbonyl (C=O) groups is 1. The van der Waals surface area contributed by atoms with Crippen LogP contribution in [0.15, 0.2) is 42.7 Å². The average Bonchev–Trinajstić information content (AvgIpc) is 2.46. The SMILES string of the molecule is CN(C(=O)c1cnccc1Cl)c1ccc(C#N)cc1. The van der Waals surface area contributed by atoms with Crippen molar-refractivity contribution >= 4 is 23.2 Å². The Bertz CT molecular complexity index is 646. The van der Waals surface area contributed by atoms with Gasteiger partial charge in [-0.15, -0.1) is 0 Å². The first-order valence-corrected chi connectivity index (χ1v) is 5.89. The van der Waals surface area contributed by atoms with Gasteiger partial charge in [-0.1, -0.05) is 11.6 Å². The Morgan fingerprint density at radius 3 is 2.58 bits per heavy atom. The van der Waals surface area contributed by atoms with E-state index >= 15 is 0 Å². The molecular formula is C14H10ClN3O. The molecule has 0 radical (unpaired) electrons. The highest BCUT2D eigenvalue weighted by atomic mass is 35.5. The molecule has 94 valence electrons. The molecule has 1 amide bonds. The third kappa shape index (κ3) is 2.72. The second-order valence-electron chi connectivity index (χ2n) is 3.88. The summed E-state index contributed by atoms with van der Waals surface area (Å²) in [6, 6.07) is 10.3. The molecule has 0 bridgehead atoms. The third-order valence-corrected chi connectivity index (χ3v) is 3.02. The Balaban J connectivity index is 2.29. The lowest BCUT2D eigenvalue weighted by Gasteiger charge is -2.17. The minimum atomic E-state index is -0.247. The number of carbonyl (C=O) groups excluding carboxylic acids is 1. The Morgan fingerprint density at radius 1 is 1.32 bits per heavy atom. The van der Waals surface area contributed by atoms with Gasteiger partial charge in [0.2, 0.25) is 0 Å². The fourth-order valence-electron chi connectivity index (χ4n) is 1.59. The van der Waals surface area contributed by atoms with Crippen molar-refractivity contribution < 1.29 is 4.79 Å². The van der Waals surface area contributed by atoms with Crippen LogP contribution in [0.25, 0.3) is 0 Å². The van der Waals surface area contributed by atoms with Gasteiger partial charge in [-0.25, -0.2) is 0 Å². The highest BCUT2D eigenvalue weighted by Gasteiger charge is 2.16. The molecule has 0 saturated heterocycles. The summed E-state index contributed by atoms with van der Waals surface area (Å²) < 4.78 is 0. The molecule has 0 aliphatic rings. The number of rotatable bonds is 2. The number of anilines is 1. The van der Waals surface area contributed by atoms with Crippen LogP contribution in [0.4, 0.5) is 5.69 Å². The van der Waals surface area contributed by atoms with Crippen molar-refractivity contribution in [3.8, 4) is 6.07 Å². The van der Waals surface area contributed by atoms with Gasteiger partial charge in [0.15, 0.2) is 0 Å². The van der Waals surface area contributed by atoms with E-state index in [4.69, 9.17) is 16.9 Å². The molecule has 0 atom stereocenters. The minimum Gasteiger partial charge on any atom is -0.311 e. The molecule has 0 fully saturated rings. The van der Waals surface area contributed by atoms with E-state index in [1.807, 2.05) is 6.07 Å². The van der Waals surface area contributed by atoms with Gasteiger partial charge < -0.3 is 4.90 Å². The highest BCUT2D eigenvalue weighted by Crippen LogP contribution is 2.20. The fourth-order valence-corrected chi connectivity index (χ4v) is 1.78. The van der Waals surface area contributed by atoms with Crippen LogP contribution in [0.3, 0.4) is 0 Å². The molecule has 0 saturated carbocycles. The zero-order chi connectivity index (χ0) is 13.8. The molecule has 2 rings (SSSR count). The van der Waals surface area contributed by atoms with E-state index in [9.17, 15) is 4.79 Å². The van der Waals surface area contributed by atoms with Gasteiger partial charge in [0.1, 0.15) is 0 Å². The molecule has 5 heteroatoms. The molecule has 1 aromatic carbocycles. The van der Waals surface area contributed by atoms with Crippen LogP contribution in [0, 0.1) is 11.3 Å². The lowest BCUT2D eigenvalue weighted by molar-refractivity contribution is 0.0993. The molecule has 0 N–H and O–H groups in total. The third-order valence-electron chi connectivity index (χ3n) is 2.69. The van der Waals surface area contributed by atoms with Crippen molar-refractivity contribution in [1.29, 1.82) is 5.26 Å². The molecule has 0 aliphatic heterocycles. The van der Waals surface area contributed by atoms with Gasteiger partial charge in [-0.05, 0) is 30.3 Å². The number of hydrogen-bond acceptors (Lipinski definition) is 3. The van der Waals surface area contributed by atoms with E-state index in [2.05, 4.69) is 4.98 Å². The van der Waals surface area contributed by atoms with Crippen molar-refractivity contribution in [3.63, 3.8) is 0 Å². The second-order valence-corrected chi connectivity index (χ2v) is 4.29. The highest BCUT2D eigenvalue weighted by molar-refractivity contribution is 6.34. The smallest absolute Gasteiger partial charge is 0.261 e. The van der Waals surface area contributed by atoms with Crippen LogP contribution < -0.4 is 4.90 Å². The van der Waals surface area contributed by atoms with E-state index in [1.54, 1.807) is 37.4 Å². The van der Waals surface area contributed by atoms with Crippen LogP contribution in [-0.2, 0) is 0 Å². The lowest BCUT2D eigenvalue weighted by Crippen LogP contribution is -2.26. The van der Waals surface area contributed by atoms with E-state index < -0.39 is 0 Å². The molecule has 4 nitrogen and oxygen atoms in total. The Labute approximate surface area is 115 Å². The summed E-state index contributed by atoms with van der Waals surface area (Å²) in [4.78, 5) is 17.6. The predicted molar refractivity (Wildman–Crippen MR) is 73.1 cm³/mol. The Morgan fingerprint density at radius 2 is 2.00 bits per heavy atom. The summed E-state index contributed by atoms with van der Waals surface area (Å²) in [5.74, 6) is -0.247. The van der Waals surface area contributed by atoms with Crippen molar-refractivity contribution in [3.05, 3.63) is 58.9 Å². The molecule has 2 aromatic rings. The summed E-state index contributed by atoms with van der Waals surface area (Å²) >= 11 is 5.97. The van der Waals surface area contributed by atoms with Gasteiger partial charge in [0.25, 0.3) is 5.91 Å². The predicted octanol–water partition coefficient (Wildman–Crippen LogP) is 2.88. The molecule has 1 heterocycles. The first-order valence-electron chi connectivity index (χ1n) is 5.51. The standard InChI is InChI=1S/C14H10ClN3O/c1-18(11-4-2-10(8-16)3-5-11)14(19)12-9-17-7-6-13(12)15/h2-7,9H,1H3. The maximum atomic E-state index is 12.3. The topological polar surface area (TPSA) is 57.0 Å². The number of amides is 1. The largest absolute Gasteiger partial charge is 0.311 e. The quantitative estimate of drug-likeness (QED) is 0.844. The maximum absolute atomic E-state index is 12.3. The number of nitriles is 1. The van der Waals surface area contributed by atoms with Crippen molar-refractivity contribution in [2.45, 2.75) is 0 Å². The summed E-state index contributed by atoms with van der Waals surface area (Å²) in [5.41, 5.74) is 1.57. The van der Waals surface area contributed by atoms with Crippen LogP contribution in [0.5, 0.6) is 0 Å². The molecule has 0 unspecified atom stereocenters. The number of hydrogen-bond donors (Lipinski definition) is 0. The van der Waals surface area contributed by atoms with Gasteiger partial charge in [0.05, 0.1) is 22.2 Å². The fraction of sp³-hybridized carbons (Fsp3) is 0.0714. The van der Waals surface area contributed by atoms with Crippen molar-refractivity contribution in [2.24, 2.45) is 0 Å². The minimum absolute atomic E-state index is 0.247. The second kappa shape index (κ2) is 5.51. The van der Waals surface area contributed by atoms with Crippen molar-refractivity contribution in [2.75, 3.05) is 11.9 Å². The number of benzene rings is 1. The number of pyridine rings is 1. The monoisotopic (exact) mass is 271 g/mol. The molecule has 0 spiro atoms. The van der Waals surface area contributed by atoms with E-state index in [1.165, 1.54) is 17.3 Å². The van der Waals surface area contributed by atoms with E-state index in [0.29, 0.717) is 21.8 Å². The van der Waals surface area contributed by atoms with Gasteiger partial charge >= 0.3 is 0 Å². The van der Waals surface area contributed by atoms with Crippen LogP contribution >= 0.6 is 11.6 Å². The number of halogens is 1. The number of nitrogens with zero attached hydrogens (tertiary/aromatic N) is 3. The first kappa shape index (κ1) is 13.1. The van der Waals surface area contributed by atoms with Crippen LogP contribution in [0.2, 0.25) is 5.02 Å². The summed E-state index contributed by atoms with van der Waals surface area (Å²) in [5, 5.41) is 9.10. The zero-order valence-electron chi connectivity index (χ0n) is 10.2. The molecule has 1 aromatic heterocycles. The summed E-state index contributed by atoms with van der Waals surface area (Å²) in [7, 11) is 1.65. The average molecular weight is 272 g/mol. The number of aromatic nitrogens is 1. The van der Waals surface area contributed by atoms with Gasteiger partial charge in [-0.3, -0.25) is 9.78 Å². The van der Waals surface area contributed by atoms with E-state index in [0.717, 1.165) is 0 Å². The normalized spacial score (nSPS) is 9.74. The van der Waals surface area contributed by atoms with Gasteiger partial charge in [-0.2, -0.15) is 5.26 Å².